The van der Waals surface area contributed by atoms with Crippen molar-refractivity contribution in [3.63, 3.8) is 0 Å². The van der Waals surface area contributed by atoms with E-state index in [4.69, 9.17) is 9.47 Å². The van der Waals surface area contributed by atoms with Gasteiger partial charge in [0, 0.05) is 30.3 Å². The molecule has 1 aliphatic heterocycles. The van der Waals surface area contributed by atoms with Crippen LogP contribution in [0.4, 0.5) is 5.69 Å². The summed E-state index contributed by atoms with van der Waals surface area (Å²) in [6, 6.07) is 4.34. The molecule has 2 N–H and O–H groups in total. The molecule has 1 aromatic heterocycles. The second kappa shape index (κ2) is 9.96. The van der Waals surface area contributed by atoms with Gasteiger partial charge in [-0.2, -0.15) is 9.40 Å². The van der Waals surface area contributed by atoms with E-state index in [-0.39, 0.29) is 65.9 Å². The number of ether oxygens (including phenoxy) is 2. The number of hydrogen-bond acceptors (Lipinski definition) is 7. The number of nitrogens with zero attached hydrogens (tertiary/aromatic N) is 3. The van der Waals surface area contributed by atoms with Gasteiger partial charge in [-0.25, -0.2) is 17.9 Å². The quantitative estimate of drug-likeness (QED) is 0.582. The fourth-order valence-corrected chi connectivity index (χ4v) is 4.99. The number of sulfonamides is 1. The van der Waals surface area contributed by atoms with Crippen molar-refractivity contribution in [2.45, 2.75) is 52.0 Å². The molecule has 0 aliphatic carbocycles. The Labute approximate surface area is 205 Å². The molecular weight excluding hydrogens is 476 g/mol. The number of morpholine rings is 1. The number of benzene rings is 1. The SMILES string of the molecule is Cc1c(C(=O)O)nn(C(C)(C)C)c1Oc1ccc(NC(=O)C(C)C)cc1S(=O)(=O)N1CCOCC1. The van der Waals surface area contributed by atoms with Crippen molar-refractivity contribution in [2.24, 2.45) is 5.92 Å². The van der Waals surface area contributed by atoms with Crippen molar-refractivity contribution in [3.05, 3.63) is 29.5 Å². The highest BCUT2D eigenvalue weighted by atomic mass is 32.2. The summed E-state index contributed by atoms with van der Waals surface area (Å²) in [6.45, 7) is 11.4. The minimum Gasteiger partial charge on any atom is -0.476 e. The average Bonchev–Trinajstić information content (AvgIpc) is 3.12. The number of nitrogens with one attached hydrogen (secondary N) is 1. The monoisotopic (exact) mass is 508 g/mol. The summed E-state index contributed by atoms with van der Waals surface area (Å²) in [6.07, 6.45) is 0. The third kappa shape index (κ3) is 5.65. The van der Waals surface area contributed by atoms with Crippen molar-refractivity contribution in [1.82, 2.24) is 14.1 Å². The van der Waals surface area contributed by atoms with Gasteiger partial charge in [0.15, 0.2) is 5.69 Å². The Morgan fingerprint density at radius 2 is 1.83 bits per heavy atom. The molecule has 1 aromatic carbocycles. The van der Waals surface area contributed by atoms with E-state index in [0.717, 1.165) is 0 Å². The van der Waals surface area contributed by atoms with Gasteiger partial charge < -0.3 is 19.9 Å². The van der Waals surface area contributed by atoms with Crippen molar-refractivity contribution < 1.29 is 32.6 Å². The van der Waals surface area contributed by atoms with Crippen molar-refractivity contribution in [2.75, 3.05) is 31.6 Å². The van der Waals surface area contributed by atoms with E-state index in [0.29, 0.717) is 5.69 Å². The zero-order valence-electron chi connectivity index (χ0n) is 20.8. The summed E-state index contributed by atoms with van der Waals surface area (Å²) in [4.78, 5) is 23.8. The minimum absolute atomic E-state index is 0.00974. The van der Waals surface area contributed by atoms with Crippen molar-refractivity contribution in [1.29, 1.82) is 0 Å². The summed E-state index contributed by atoms with van der Waals surface area (Å²) in [5.74, 6) is -1.68. The number of carboxylic acid groups (broad SMARTS) is 1. The number of anilines is 1. The van der Waals surface area contributed by atoms with E-state index in [1.54, 1.807) is 26.8 Å². The topological polar surface area (TPSA) is 140 Å². The maximum Gasteiger partial charge on any atom is 0.356 e. The van der Waals surface area contributed by atoms with E-state index in [1.165, 1.54) is 21.1 Å². The van der Waals surface area contributed by atoms with Gasteiger partial charge in [-0.15, -0.1) is 0 Å². The first-order valence-electron chi connectivity index (χ1n) is 11.3. The number of rotatable bonds is 7. The second-order valence-electron chi connectivity index (χ2n) is 9.59. The second-order valence-corrected chi connectivity index (χ2v) is 11.5. The molecule has 12 heteroatoms. The maximum absolute atomic E-state index is 13.6. The van der Waals surface area contributed by atoms with Crippen molar-refractivity contribution >= 4 is 27.6 Å². The number of carbonyl (C=O) groups excluding carboxylic acids is 1. The minimum atomic E-state index is -4.03. The molecule has 1 amide bonds. The lowest BCUT2D eigenvalue weighted by Gasteiger charge is -2.27. The van der Waals surface area contributed by atoms with Crippen LogP contribution in [0.2, 0.25) is 0 Å². The van der Waals surface area contributed by atoms with E-state index >= 15 is 0 Å². The highest BCUT2D eigenvalue weighted by Gasteiger charge is 2.33. The molecule has 1 fully saturated rings. The predicted molar refractivity (Wildman–Crippen MR) is 128 cm³/mol. The number of carboxylic acids is 1. The highest BCUT2D eigenvalue weighted by Crippen LogP contribution is 2.37. The number of aromatic nitrogens is 2. The Kier molecular flexibility index (Phi) is 7.58. The van der Waals surface area contributed by atoms with Gasteiger partial charge in [0.25, 0.3) is 0 Å². The predicted octanol–water partition coefficient (Wildman–Crippen LogP) is 3.05. The van der Waals surface area contributed by atoms with Crippen LogP contribution in [0.25, 0.3) is 0 Å². The van der Waals surface area contributed by atoms with Gasteiger partial charge in [0.2, 0.25) is 21.8 Å². The third-order valence-electron chi connectivity index (χ3n) is 5.44. The first kappa shape index (κ1) is 26.6. The average molecular weight is 509 g/mol. The van der Waals surface area contributed by atoms with Crippen LogP contribution < -0.4 is 10.1 Å². The Bertz CT molecular complexity index is 1220. The molecule has 0 bridgehead atoms. The van der Waals surface area contributed by atoms with E-state index in [1.807, 2.05) is 20.8 Å². The van der Waals surface area contributed by atoms with Crippen LogP contribution in [0.3, 0.4) is 0 Å². The number of carbonyl (C=O) groups is 2. The van der Waals surface area contributed by atoms with Gasteiger partial charge in [-0.1, -0.05) is 13.8 Å². The van der Waals surface area contributed by atoms with Crippen LogP contribution >= 0.6 is 0 Å². The normalized spacial score (nSPS) is 15.3. The molecule has 0 radical (unpaired) electrons. The lowest BCUT2D eigenvalue weighted by Crippen LogP contribution is -2.40. The smallest absolute Gasteiger partial charge is 0.356 e. The fourth-order valence-electron chi connectivity index (χ4n) is 3.45. The van der Waals surface area contributed by atoms with Gasteiger partial charge in [-0.05, 0) is 45.9 Å². The summed E-state index contributed by atoms with van der Waals surface area (Å²) in [5, 5.41) is 16.5. The number of aromatic carboxylic acids is 1. The first-order chi connectivity index (χ1) is 16.2. The molecule has 0 unspecified atom stereocenters. The van der Waals surface area contributed by atoms with Crippen LogP contribution in [0.5, 0.6) is 11.6 Å². The molecule has 2 aromatic rings. The Balaban J connectivity index is 2.15. The summed E-state index contributed by atoms with van der Waals surface area (Å²) < 4.78 is 41.3. The fraction of sp³-hybridized carbons (Fsp3) is 0.522. The van der Waals surface area contributed by atoms with Crippen LogP contribution in [-0.4, -0.2) is 65.8 Å². The van der Waals surface area contributed by atoms with Gasteiger partial charge in [0.1, 0.15) is 10.6 Å². The van der Waals surface area contributed by atoms with Gasteiger partial charge >= 0.3 is 5.97 Å². The van der Waals surface area contributed by atoms with Crippen LogP contribution in [0.1, 0.15) is 50.7 Å². The Morgan fingerprint density at radius 1 is 1.20 bits per heavy atom. The largest absolute Gasteiger partial charge is 0.476 e. The van der Waals surface area contributed by atoms with Crippen molar-refractivity contribution in [3.8, 4) is 11.6 Å². The molecule has 2 heterocycles. The molecule has 0 spiro atoms. The molecule has 0 saturated carbocycles. The molecule has 0 atom stereocenters. The van der Waals surface area contributed by atoms with Crippen LogP contribution in [-0.2, 0) is 25.1 Å². The third-order valence-corrected chi connectivity index (χ3v) is 7.36. The summed E-state index contributed by atoms with van der Waals surface area (Å²) in [5.41, 5.74) is -0.273. The Morgan fingerprint density at radius 3 is 2.37 bits per heavy atom. The van der Waals surface area contributed by atoms with Gasteiger partial charge in [-0.3, -0.25) is 4.79 Å². The molecule has 11 nitrogen and oxygen atoms in total. The molecule has 3 rings (SSSR count). The summed E-state index contributed by atoms with van der Waals surface area (Å²) >= 11 is 0. The van der Waals surface area contributed by atoms with Gasteiger partial charge in [0.05, 0.1) is 18.8 Å². The lowest BCUT2D eigenvalue weighted by atomic mass is 10.1. The zero-order valence-corrected chi connectivity index (χ0v) is 21.6. The molecular formula is C23H32N4O7S. The molecule has 1 saturated heterocycles. The standard InChI is InChI=1S/C23H32N4O7S/c1-14(2)20(28)24-16-7-8-17(18(13-16)35(31,32)26-9-11-33-12-10-26)34-21-15(3)19(22(29)30)25-27(21)23(4,5)6/h7-8,13-14H,9-12H2,1-6H3,(H,24,28)(H,29,30). The molecule has 1 aliphatic rings. The van der Waals surface area contributed by atoms with E-state index in [9.17, 15) is 23.1 Å². The van der Waals surface area contributed by atoms with E-state index in [2.05, 4.69) is 10.4 Å². The van der Waals surface area contributed by atoms with E-state index < -0.39 is 21.5 Å². The summed E-state index contributed by atoms with van der Waals surface area (Å²) in [7, 11) is -4.03. The Hall–Kier alpha value is -2.96. The lowest BCUT2D eigenvalue weighted by molar-refractivity contribution is -0.118. The zero-order chi connectivity index (χ0) is 26.1. The highest BCUT2D eigenvalue weighted by molar-refractivity contribution is 7.89. The number of amides is 1. The van der Waals surface area contributed by atoms with Crippen LogP contribution in [0.15, 0.2) is 23.1 Å². The maximum atomic E-state index is 13.6. The molecule has 192 valence electrons. The van der Waals surface area contributed by atoms with Crippen LogP contribution in [0, 0.1) is 12.8 Å². The molecule has 35 heavy (non-hydrogen) atoms. The first-order valence-corrected chi connectivity index (χ1v) is 12.7. The number of hydrogen-bond donors (Lipinski definition) is 2.